The van der Waals surface area contributed by atoms with Gasteiger partial charge in [0.1, 0.15) is 5.75 Å². The number of carbonyl (C=O) groups excluding carboxylic acids is 1. The third-order valence-electron chi connectivity index (χ3n) is 5.27. The molecule has 0 amide bonds. The summed E-state index contributed by atoms with van der Waals surface area (Å²) in [5.41, 5.74) is 3.60. The number of aromatic nitrogens is 1. The third kappa shape index (κ3) is 3.80. The Hall–Kier alpha value is -3.37. The summed E-state index contributed by atoms with van der Waals surface area (Å²) in [4.78, 5) is 16.8. The van der Waals surface area contributed by atoms with Crippen LogP contribution >= 0.6 is 0 Å². The number of benzene rings is 3. The van der Waals surface area contributed by atoms with Crippen molar-refractivity contribution >= 4 is 16.7 Å². The Morgan fingerprint density at radius 1 is 0.931 bits per heavy atom. The second-order valence-corrected chi connectivity index (χ2v) is 7.09. The number of ketones is 1. The third-order valence-corrected chi connectivity index (χ3v) is 5.27. The molecule has 0 saturated carbocycles. The Kier molecular flexibility index (Phi) is 5.45. The van der Waals surface area contributed by atoms with Crippen LogP contribution in [0.1, 0.15) is 40.5 Å². The van der Waals surface area contributed by atoms with Gasteiger partial charge in [0.05, 0.1) is 13.2 Å². The zero-order valence-electron chi connectivity index (χ0n) is 16.6. The highest BCUT2D eigenvalue weighted by Gasteiger charge is 2.26. The number of carbonyl (C=O) groups is 1. The van der Waals surface area contributed by atoms with Gasteiger partial charge in [0, 0.05) is 34.3 Å². The van der Waals surface area contributed by atoms with Crippen molar-refractivity contribution in [3.63, 3.8) is 0 Å². The van der Waals surface area contributed by atoms with E-state index in [0.717, 1.165) is 27.8 Å². The van der Waals surface area contributed by atoms with Gasteiger partial charge in [-0.25, -0.2) is 0 Å². The topological polar surface area (TPSA) is 54.1 Å². The first kappa shape index (κ1) is 19.0. The molecule has 0 aliphatic rings. The lowest BCUT2D eigenvalue weighted by atomic mass is 9.95. The van der Waals surface area contributed by atoms with E-state index in [2.05, 4.69) is 17.2 Å². The van der Waals surface area contributed by atoms with Crippen LogP contribution in [-0.2, 0) is 0 Å². The highest BCUT2D eigenvalue weighted by molar-refractivity contribution is 6.10. The average molecular weight is 384 g/mol. The van der Waals surface area contributed by atoms with Gasteiger partial charge in [-0.05, 0) is 24.6 Å². The van der Waals surface area contributed by atoms with Gasteiger partial charge in [-0.15, -0.1) is 0 Å². The van der Waals surface area contributed by atoms with Gasteiger partial charge in [0.15, 0.2) is 5.78 Å². The van der Waals surface area contributed by atoms with Crippen LogP contribution in [0.3, 0.4) is 0 Å². The van der Waals surface area contributed by atoms with Crippen molar-refractivity contribution in [2.75, 3.05) is 7.11 Å². The maximum Gasteiger partial charge on any atom is 0.186 e. The van der Waals surface area contributed by atoms with Crippen LogP contribution in [0, 0.1) is 0 Å². The van der Waals surface area contributed by atoms with Gasteiger partial charge in [-0.3, -0.25) is 10.1 Å². The molecule has 0 spiro atoms. The van der Waals surface area contributed by atoms with Crippen molar-refractivity contribution in [2.45, 2.75) is 19.0 Å². The summed E-state index contributed by atoms with van der Waals surface area (Å²) >= 11 is 0. The molecule has 0 fully saturated rings. The molecule has 1 aromatic heterocycles. The van der Waals surface area contributed by atoms with Crippen LogP contribution in [0.4, 0.5) is 0 Å². The number of rotatable bonds is 7. The number of aromatic amines is 1. The Morgan fingerprint density at radius 2 is 1.62 bits per heavy atom. The van der Waals surface area contributed by atoms with Gasteiger partial charge in [-0.2, -0.15) is 0 Å². The summed E-state index contributed by atoms with van der Waals surface area (Å²) < 4.78 is 5.51. The summed E-state index contributed by atoms with van der Waals surface area (Å²) in [6, 6.07) is 25.1. The highest BCUT2D eigenvalue weighted by atomic mass is 16.5. The van der Waals surface area contributed by atoms with E-state index in [-0.39, 0.29) is 11.8 Å². The first-order valence-corrected chi connectivity index (χ1v) is 9.73. The molecule has 3 aromatic carbocycles. The molecule has 0 bridgehead atoms. The van der Waals surface area contributed by atoms with Crippen LogP contribution in [0.2, 0.25) is 0 Å². The van der Waals surface area contributed by atoms with Crippen LogP contribution in [-0.4, -0.2) is 17.9 Å². The van der Waals surface area contributed by atoms with Crippen molar-refractivity contribution in [1.29, 1.82) is 0 Å². The number of hydrogen-bond acceptors (Lipinski definition) is 3. The molecule has 146 valence electrons. The Balaban J connectivity index is 1.72. The summed E-state index contributed by atoms with van der Waals surface area (Å²) in [7, 11) is 1.66. The molecule has 0 radical (unpaired) electrons. The van der Waals surface area contributed by atoms with E-state index in [4.69, 9.17) is 4.74 Å². The number of fused-ring (bicyclic) bond motifs is 1. The largest absolute Gasteiger partial charge is 0.496 e. The molecule has 4 heteroatoms. The molecule has 29 heavy (non-hydrogen) atoms. The van der Waals surface area contributed by atoms with Gasteiger partial charge in [0.25, 0.3) is 0 Å². The van der Waals surface area contributed by atoms with E-state index in [9.17, 15) is 4.79 Å². The van der Waals surface area contributed by atoms with Crippen molar-refractivity contribution in [3.8, 4) is 5.75 Å². The molecule has 2 atom stereocenters. The first-order valence-electron chi connectivity index (χ1n) is 9.73. The smallest absolute Gasteiger partial charge is 0.186 e. The number of hydrogen-bond donors (Lipinski definition) is 2. The number of para-hydroxylation sites is 2. The zero-order chi connectivity index (χ0) is 20.2. The molecule has 0 saturated heterocycles. The lowest BCUT2D eigenvalue weighted by Gasteiger charge is -2.24. The maximum atomic E-state index is 13.6. The van der Waals surface area contributed by atoms with E-state index in [1.54, 1.807) is 13.3 Å². The predicted molar refractivity (Wildman–Crippen MR) is 116 cm³/mol. The Morgan fingerprint density at radius 3 is 2.41 bits per heavy atom. The van der Waals surface area contributed by atoms with Crippen molar-refractivity contribution in [2.24, 2.45) is 0 Å². The molecule has 2 N–H and O–H groups in total. The minimum Gasteiger partial charge on any atom is -0.496 e. The van der Waals surface area contributed by atoms with E-state index < -0.39 is 6.04 Å². The second-order valence-electron chi connectivity index (χ2n) is 7.09. The van der Waals surface area contributed by atoms with Crippen LogP contribution in [0.15, 0.2) is 85.1 Å². The highest BCUT2D eigenvalue weighted by Crippen LogP contribution is 2.30. The predicted octanol–water partition coefficient (Wildman–Crippen LogP) is 5.45. The van der Waals surface area contributed by atoms with Crippen LogP contribution in [0.5, 0.6) is 5.75 Å². The summed E-state index contributed by atoms with van der Waals surface area (Å²) in [6.45, 7) is 2.05. The maximum absolute atomic E-state index is 13.6. The Bertz CT molecular complexity index is 1120. The molecule has 0 aliphatic carbocycles. The molecule has 1 heterocycles. The summed E-state index contributed by atoms with van der Waals surface area (Å²) in [5, 5.41) is 4.47. The average Bonchev–Trinajstić information content (AvgIpc) is 3.21. The number of methoxy groups -OCH3 is 1. The van der Waals surface area contributed by atoms with Crippen LogP contribution in [0.25, 0.3) is 10.9 Å². The fourth-order valence-corrected chi connectivity index (χ4v) is 3.76. The van der Waals surface area contributed by atoms with Gasteiger partial charge in [0.2, 0.25) is 0 Å². The van der Waals surface area contributed by atoms with Gasteiger partial charge < -0.3 is 9.72 Å². The van der Waals surface area contributed by atoms with Crippen molar-refractivity contribution < 1.29 is 9.53 Å². The van der Waals surface area contributed by atoms with Gasteiger partial charge in [-0.1, -0.05) is 66.7 Å². The summed E-state index contributed by atoms with van der Waals surface area (Å²) in [6.07, 6.45) is 1.80. The lowest BCUT2D eigenvalue weighted by molar-refractivity contribution is 0.0938. The van der Waals surface area contributed by atoms with E-state index in [1.165, 1.54) is 0 Å². The normalized spacial score (nSPS) is 13.2. The molecule has 4 nitrogen and oxygen atoms in total. The first-order chi connectivity index (χ1) is 14.2. The quantitative estimate of drug-likeness (QED) is 0.417. The second kappa shape index (κ2) is 8.33. The molecule has 0 unspecified atom stereocenters. The molecule has 4 rings (SSSR count). The molecular formula is C25H24N2O2. The number of nitrogens with one attached hydrogen (secondary N) is 2. The molecular weight excluding hydrogens is 360 g/mol. The zero-order valence-corrected chi connectivity index (χ0v) is 16.6. The fraction of sp³-hybridized carbons (Fsp3) is 0.160. The van der Waals surface area contributed by atoms with Gasteiger partial charge >= 0.3 is 0 Å². The van der Waals surface area contributed by atoms with E-state index in [1.807, 2.05) is 78.9 Å². The van der Waals surface area contributed by atoms with Crippen LogP contribution < -0.4 is 10.1 Å². The fourth-order valence-electron chi connectivity index (χ4n) is 3.76. The lowest BCUT2D eigenvalue weighted by Crippen LogP contribution is -2.31. The number of H-pyrrole nitrogens is 1. The molecule has 4 aromatic rings. The van der Waals surface area contributed by atoms with E-state index in [0.29, 0.717) is 5.56 Å². The summed E-state index contributed by atoms with van der Waals surface area (Å²) in [5.74, 6) is 0.842. The Labute approximate surface area is 170 Å². The SMILES string of the molecule is COc1ccccc1[C@H](C)N[C@@H](C(=O)c1c[nH]c2ccccc12)c1ccccc1. The number of Topliss-reactive ketones (excluding diaryl/α,β-unsaturated/α-hetero) is 1. The standard InChI is InChI=1S/C25H24N2O2/c1-17(19-12-7-9-15-23(19)29-2)27-24(18-10-4-3-5-11-18)25(28)21-16-26-22-14-8-6-13-20(21)22/h3-17,24,26-27H,1-2H3/t17-,24+/m0/s1. The minimum atomic E-state index is -0.477. The van der Waals surface area contributed by atoms with E-state index >= 15 is 0 Å². The van der Waals surface area contributed by atoms with Crippen molar-refractivity contribution in [3.05, 3.63) is 102 Å². The number of ether oxygens (including phenoxy) is 1. The minimum absolute atomic E-state index is 0.0374. The monoisotopic (exact) mass is 384 g/mol. The molecule has 0 aliphatic heterocycles. The van der Waals surface area contributed by atoms with Crippen molar-refractivity contribution in [1.82, 2.24) is 10.3 Å².